The molecule has 0 radical (unpaired) electrons. The Morgan fingerprint density at radius 3 is 3.06 bits per heavy atom. The Morgan fingerprint density at radius 2 is 2.47 bits per heavy atom. The number of nitro groups is 1. The van der Waals surface area contributed by atoms with Gasteiger partial charge in [0.15, 0.2) is 0 Å². The topological polar surface area (TPSA) is 107 Å². The summed E-state index contributed by atoms with van der Waals surface area (Å²) in [6, 6.07) is 0. The van der Waals surface area contributed by atoms with Gasteiger partial charge in [-0.05, 0) is 6.92 Å². The van der Waals surface area contributed by atoms with E-state index in [-0.39, 0.29) is 17.6 Å². The van der Waals surface area contributed by atoms with E-state index >= 15 is 0 Å². The Bertz CT molecular complexity index is 439. The molecular formula is C9H13N5O3. The molecule has 92 valence electrons. The standard InChI is InChI=1S/C9H13N5O3/c1-6-5-13(2-3-17-6)9-11-4-7(14(15)16)8(10)12-9/h4,6H,2-3,5H2,1H3,(H2,10,11,12)/t6-/m1/s1. The van der Waals surface area contributed by atoms with Gasteiger partial charge in [-0.15, -0.1) is 0 Å². The largest absolute Gasteiger partial charge is 0.378 e. The molecule has 2 N–H and O–H groups in total. The fourth-order valence-corrected chi connectivity index (χ4v) is 1.67. The van der Waals surface area contributed by atoms with Gasteiger partial charge in [0, 0.05) is 13.1 Å². The Labute approximate surface area is 97.6 Å². The molecule has 1 atom stereocenters. The van der Waals surface area contributed by atoms with Crippen LogP contribution in [0.2, 0.25) is 0 Å². The van der Waals surface area contributed by atoms with Crippen LogP contribution in [0.1, 0.15) is 6.92 Å². The van der Waals surface area contributed by atoms with Crippen molar-refractivity contribution in [3.05, 3.63) is 16.3 Å². The molecule has 1 aliphatic heterocycles. The molecule has 1 fully saturated rings. The highest BCUT2D eigenvalue weighted by Crippen LogP contribution is 2.21. The van der Waals surface area contributed by atoms with Crippen molar-refractivity contribution in [2.45, 2.75) is 13.0 Å². The molecular weight excluding hydrogens is 226 g/mol. The summed E-state index contributed by atoms with van der Waals surface area (Å²) in [5.41, 5.74) is 5.24. The molecule has 1 aromatic rings. The third-order valence-corrected chi connectivity index (χ3v) is 2.51. The maximum Gasteiger partial charge on any atom is 0.329 e. The van der Waals surface area contributed by atoms with Gasteiger partial charge in [-0.2, -0.15) is 4.98 Å². The van der Waals surface area contributed by atoms with Crippen molar-refractivity contribution >= 4 is 17.5 Å². The summed E-state index contributed by atoms with van der Waals surface area (Å²) in [6.07, 6.45) is 1.22. The van der Waals surface area contributed by atoms with Gasteiger partial charge in [0.05, 0.1) is 17.6 Å². The van der Waals surface area contributed by atoms with Crippen molar-refractivity contribution in [1.82, 2.24) is 9.97 Å². The summed E-state index contributed by atoms with van der Waals surface area (Å²) in [5.74, 6) is 0.294. The first kappa shape index (κ1) is 11.5. The number of aromatic nitrogens is 2. The van der Waals surface area contributed by atoms with Crippen LogP contribution in [-0.4, -0.2) is 40.7 Å². The zero-order valence-corrected chi connectivity index (χ0v) is 9.37. The lowest BCUT2D eigenvalue weighted by atomic mass is 10.3. The number of morpholine rings is 1. The molecule has 17 heavy (non-hydrogen) atoms. The minimum Gasteiger partial charge on any atom is -0.378 e. The van der Waals surface area contributed by atoms with Crippen LogP contribution in [-0.2, 0) is 4.74 Å². The second kappa shape index (κ2) is 4.50. The highest BCUT2D eigenvalue weighted by atomic mass is 16.6. The van der Waals surface area contributed by atoms with E-state index in [0.29, 0.717) is 25.6 Å². The van der Waals surface area contributed by atoms with Gasteiger partial charge in [0.1, 0.15) is 6.20 Å². The van der Waals surface area contributed by atoms with Gasteiger partial charge in [-0.1, -0.05) is 0 Å². The minimum atomic E-state index is -0.596. The summed E-state index contributed by atoms with van der Waals surface area (Å²) in [4.78, 5) is 19.8. The van der Waals surface area contributed by atoms with Crippen LogP contribution in [0.3, 0.4) is 0 Å². The van der Waals surface area contributed by atoms with Crippen LogP contribution in [0, 0.1) is 10.1 Å². The van der Waals surface area contributed by atoms with Crippen molar-refractivity contribution in [3.8, 4) is 0 Å². The zero-order valence-electron chi connectivity index (χ0n) is 9.37. The molecule has 0 unspecified atom stereocenters. The first-order valence-electron chi connectivity index (χ1n) is 5.21. The van der Waals surface area contributed by atoms with E-state index in [2.05, 4.69) is 9.97 Å². The third-order valence-electron chi connectivity index (χ3n) is 2.51. The van der Waals surface area contributed by atoms with Gasteiger partial charge in [-0.3, -0.25) is 10.1 Å². The van der Waals surface area contributed by atoms with Crippen molar-refractivity contribution in [1.29, 1.82) is 0 Å². The molecule has 8 nitrogen and oxygen atoms in total. The molecule has 2 heterocycles. The zero-order chi connectivity index (χ0) is 12.4. The highest BCUT2D eigenvalue weighted by molar-refractivity contribution is 5.53. The summed E-state index contributed by atoms with van der Waals surface area (Å²) in [7, 11) is 0. The first-order chi connectivity index (χ1) is 8.08. The first-order valence-corrected chi connectivity index (χ1v) is 5.21. The molecule has 0 aliphatic carbocycles. The van der Waals surface area contributed by atoms with Crippen LogP contribution in [0.4, 0.5) is 17.5 Å². The smallest absolute Gasteiger partial charge is 0.329 e. The monoisotopic (exact) mass is 239 g/mol. The highest BCUT2D eigenvalue weighted by Gasteiger charge is 2.21. The molecule has 1 aliphatic rings. The van der Waals surface area contributed by atoms with Crippen LogP contribution in [0.5, 0.6) is 0 Å². The van der Waals surface area contributed by atoms with E-state index in [1.165, 1.54) is 0 Å². The second-order valence-corrected chi connectivity index (χ2v) is 3.83. The Hall–Kier alpha value is -1.96. The number of rotatable bonds is 2. The summed E-state index contributed by atoms with van der Waals surface area (Å²) >= 11 is 0. The van der Waals surface area contributed by atoms with E-state index in [1.807, 2.05) is 11.8 Å². The lowest BCUT2D eigenvalue weighted by Crippen LogP contribution is -2.42. The number of nitrogen functional groups attached to an aromatic ring is 1. The number of anilines is 2. The van der Waals surface area contributed by atoms with Crippen molar-refractivity contribution in [3.63, 3.8) is 0 Å². The predicted molar refractivity (Wildman–Crippen MR) is 60.7 cm³/mol. The van der Waals surface area contributed by atoms with Crippen LogP contribution in [0.15, 0.2) is 6.20 Å². The number of ether oxygens (including phenoxy) is 1. The number of hydrogen-bond donors (Lipinski definition) is 1. The van der Waals surface area contributed by atoms with Crippen molar-refractivity contribution < 1.29 is 9.66 Å². The summed E-state index contributed by atoms with van der Waals surface area (Å²) in [6.45, 7) is 3.83. The van der Waals surface area contributed by atoms with E-state index in [9.17, 15) is 10.1 Å². The molecule has 0 saturated carbocycles. The van der Waals surface area contributed by atoms with E-state index in [4.69, 9.17) is 10.5 Å². The maximum absolute atomic E-state index is 10.6. The van der Waals surface area contributed by atoms with Gasteiger partial charge in [0.2, 0.25) is 11.8 Å². The van der Waals surface area contributed by atoms with E-state index in [0.717, 1.165) is 6.20 Å². The van der Waals surface area contributed by atoms with Crippen LogP contribution >= 0.6 is 0 Å². The lowest BCUT2D eigenvalue weighted by Gasteiger charge is -2.30. The van der Waals surface area contributed by atoms with Crippen molar-refractivity contribution in [2.24, 2.45) is 0 Å². The van der Waals surface area contributed by atoms with E-state index < -0.39 is 4.92 Å². The maximum atomic E-state index is 10.6. The van der Waals surface area contributed by atoms with Gasteiger partial charge in [0.25, 0.3) is 0 Å². The Kier molecular flexibility index (Phi) is 3.05. The molecule has 0 aromatic carbocycles. The lowest BCUT2D eigenvalue weighted by molar-refractivity contribution is -0.384. The van der Waals surface area contributed by atoms with Crippen LogP contribution < -0.4 is 10.6 Å². The normalized spacial score (nSPS) is 20.3. The number of nitrogens with two attached hydrogens (primary N) is 1. The molecule has 0 amide bonds. The fourth-order valence-electron chi connectivity index (χ4n) is 1.67. The van der Waals surface area contributed by atoms with Gasteiger partial charge < -0.3 is 15.4 Å². The minimum absolute atomic E-state index is 0.0868. The number of nitrogens with zero attached hydrogens (tertiary/aromatic N) is 4. The van der Waals surface area contributed by atoms with Crippen LogP contribution in [0.25, 0.3) is 0 Å². The average molecular weight is 239 g/mol. The average Bonchev–Trinajstić information content (AvgIpc) is 2.28. The number of hydrogen-bond acceptors (Lipinski definition) is 7. The molecule has 2 rings (SSSR count). The second-order valence-electron chi connectivity index (χ2n) is 3.83. The molecule has 0 spiro atoms. The molecule has 8 heteroatoms. The Balaban J connectivity index is 2.22. The SMILES string of the molecule is C[C@@H]1CN(c2ncc([N+](=O)[O-])c(N)n2)CCO1. The van der Waals surface area contributed by atoms with E-state index in [1.54, 1.807) is 0 Å². The van der Waals surface area contributed by atoms with Gasteiger partial charge in [-0.25, -0.2) is 4.98 Å². The van der Waals surface area contributed by atoms with Gasteiger partial charge >= 0.3 is 5.69 Å². The fraction of sp³-hybridized carbons (Fsp3) is 0.556. The Morgan fingerprint density at radius 1 is 1.71 bits per heavy atom. The summed E-state index contributed by atoms with van der Waals surface area (Å²) < 4.78 is 5.39. The quantitative estimate of drug-likeness (QED) is 0.579. The third kappa shape index (κ3) is 2.41. The predicted octanol–water partition coefficient (Wildman–Crippen LogP) is 0.192. The molecule has 0 bridgehead atoms. The summed E-state index contributed by atoms with van der Waals surface area (Å²) in [5, 5.41) is 10.6. The molecule has 1 aromatic heterocycles. The van der Waals surface area contributed by atoms with Crippen molar-refractivity contribution in [2.75, 3.05) is 30.3 Å². The molecule has 1 saturated heterocycles.